The standard InChI is InChI=1S/C23H25N3O5/c27-19(5-4-18-3-1-14-31-18)20-21(17-6-8-24-9-7-17)26(23(29)22(20)28)11-2-10-25-12-15-30-16-13-25/h1,3-9,14,21,28H,2,10-13,15-16H2. The van der Waals surface area contributed by atoms with Crippen LogP contribution in [0.4, 0.5) is 0 Å². The van der Waals surface area contributed by atoms with Crippen molar-refractivity contribution in [3.05, 3.63) is 71.7 Å². The number of rotatable bonds is 8. The second-order valence-electron chi connectivity index (χ2n) is 7.46. The number of carbonyl (C=O) groups excluding carboxylic acids is 2. The highest BCUT2D eigenvalue weighted by molar-refractivity contribution is 6.14. The number of hydrogen-bond acceptors (Lipinski definition) is 7. The lowest BCUT2D eigenvalue weighted by Crippen LogP contribution is -2.39. The van der Waals surface area contributed by atoms with Gasteiger partial charge in [0.1, 0.15) is 5.76 Å². The van der Waals surface area contributed by atoms with E-state index in [1.165, 1.54) is 18.4 Å². The molecule has 4 rings (SSSR count). The molecule has 0 aromatic carbocycles. The number of furan rings is 1. The molecule has 1 fully saturated rings. The van der Waals surface area contributed by atoms with Crippen LogP contribution in [0.25, 0.3) is 6.08 Å². The number of carbonyl (C=O) groups is 2. The molecule has 2 aromatic heterocycles. The van der Waals surface area contributed by atoms with E-state index in [2.05, 4.69) is 9.88 Å². The number of morpholine rings is 1. The molecule has 8 heteroatoms. The molecule has 0 radical (unpaired) electrons. The molecule has 8 nitrogen and oxygen atoms in total. The van der Waals surface area contributed by atoms with Crippen LogP contribution in [0.1, 0.15) is 23.8 Å². The Bertz CT molecular complexity index is 962. The molecule has 0 saturated carbocycles. The van der Waals surface area contributed by atoms with Crippen molar-refractivity contribution in [3.63, 3.8) is 0 Å². The van der Waals surface area contributed by atoms with E-state index in [1.54, 1.807) is 41.6 Å². The van der Waals surface area contributed by atoms with Gasteiger partial charge in [-0.15, -0.1) is 0 Å². The first-order valence-electron chi connectivity index (χ1n) is 10.3. The first kappa shape index (κ1) is 21.0. The Morgan fingerprint density at radius 3 is 2.68 bits per heavy atom. The van der Waals surface area contributed by atoms with Crippen molar-refractivity contribution in [1.29, 1.82) is 0 Å². The molecule has 0 spiro atoms. The van der Waals surface area contributed by atoms with Gasteiger partial charge < -0.3 is 19.2 Å². The summed E-state index contributed by atoms with van der Waals surface area (Å²) in [4.78, 5) is 33.8. The number of allylic oxidation sites excluding steroid dienone is 1. The summed E-state index contributed by atoms with van der Waals surface area (Å²) < 4.78 is 10.6. The normalized spacial score (nSPS) is 20.2. The maximum absolute atomic E-state index is 13.0. The SMILES string of the molecule is O=C(C=Cc1ccco1)C1=C(O)C(=O)N(CCCN2CCOCC2)C1c1ccncc1. The Morgan fingerprint density at radius 1 is 1.19 bits per heavy atom. The molecule has 162 valence electrons. The van der Waals surface area contributed by atoms with E-state index in [4.69, 9.17) is 9.15 Å². The molecular formula is C23H25N3O5. The lowest BCUT2D eigenvalue weighted by molar-refractivity contribution is -0.129. The molecule has 1 atom stereocenters. The average molecular weight is 423 g/mol. The molecule has 4 heterocycles. The summed E-state index contributed by atoms with van der Waals surface area (Å²) in [5.41, 5.74) is 0.805. The van der Waals surface area contributed by atoms with Crippen molar-refractivity contribution >= 4 is 17.8 Å². The van der Waals surface area contributed by atoms with Crippen LogP contribution in [0.2, 0.25) is 0 Å². The van der Waals surface area contributed by atoms with Gasteiger partial charge in [0.25, 0.3) is 5.91 Å². The largest absolute Gasteiger partial charge is 0.503 e. The highest BCUT2D eigenvalue weighted by Crippen LogP contribution is 2.37. The fourth-order valence-electron chi connectivity index (χ4n) is 3.95. The number of nitrogens with zero attached hydrogens (tertiary/aromatic N) is 3. The molecule has 2 aliphatic rings. The predicted octanol–water partition coefficient (Wildman–Crippen LogP) is 2.37. The summed E-state index contributed by atoms with van der Waals surface area (Å²) >= 11 is 0. The first-order valence-corrected chi connectivity index (χ1v) is 10.3. The van der Waals surface area contributed by atoms with Gasteiger partial charge in [0.15, 0.2) is 11.5 Å². The summed E-state index contributed by atoms with van der Waals surface area (Å²) in [7, 11) is 0. The number of pyridine rings is 1. The average Bonchev–Trinajstić information content (AvgIpc) is 3.41. The van der Waals surface area contributed by atoms with E-state index in [0.717, 1.165) is 31.6 Å². The van der Waals surface area contributed by atoms with Gasteiger partial charge in [-0.05, 0) is 48.4 Å². The molecule has 2 aliphatic heterocycles. The van der Waals surface area contributed by atoms with E-state index in [9.17, 15) is 14.7 Å². The van der Waals surface area contributed by atoms with Crippen LogP contribution in [-0.4, -0.2) is 71.0 Å². The molecule has 1 N–H and O–H groups in total. The number of ketones is 1. The number of amides is 1. The van der Waals surface area contributed by atoms with Gasteiger partial charge in [0.05, 0.1) is 31.1 Å². The van der Waals surface area contributed by atoms with E-state index < -0.39 is 23.5 Å². The van der Waals surface area contributed by atoms with Gasteiger partial charge >= 0.3 is 0 Å². The summed E-state index contributed by atoms with van der Waals surface area (Å²) in [6.07, 6.45) is 8.31. The van der Waals surface area contributed by atoms with E-state index in [-0.39, 0.29) is 5.57 Å². The maximum atomic E-state index is 13.0. The third-order valence-electron chi connectivity index (χ3n) is 5.51. The topological polar surface area (TPSA) is 96.1 Å². The van der Waals surface area contributed by atoms with Crippen molar-refractivity contribution < 1.29 is 23.8 Å². The molecule has 0 aliphatic carbocycles. The second-order valence-corrected chi connectivity index (χ2v) is 7.46. The third kappa shape index (κ3) is 4.76. The molecule has 31 heavy (non-hydrogen) atoms. The van der Waals surface area contributed by atoms with Gasteiger partial charge in [-0.1, -0.05) is 0 Å². The minimum absolute atomic E-state index is 0.0744. The molecule has 0 bridgehead atoms. The fraction of sp³-hybridized carbons (Fsp3) is 0.348. The van der Waals surface area contributed by atoms with Crippen LogP contribution >= 0.6 is 0 Å². The Hall–Kier alpha value is -3.23. The summed E-state index contributed by atoms with van der Waals surface area (Å²) in [6, 6.07) is 6.30. The van der Waals surface area contributed by atoms with Crippen LogP contribution in [0.15, 0.2) is 64.7 Å². The predicted molar refractivity (Wildman–Crippen MR) is 113 cm³/mol. The van der Waals surface area contributed by atoms with Crippen molar-refractivity contribution in [2.45, 2.75) is 12.5 Å². The van der Waals surface area contributed by atoms with E-state index in [0.29, 0.717) is 25.5 Å². The zero-order chi connectivity index (χ0) is 21.6. The van der Waals surface area contributed by atoms with Gasteiger partial charge in [-0.25, -0.2) is 0 Å². The van der Waals surface area contributed by atoms with Crippen molar-refractivity contribution in [2.75, 3.05) is 39.4 Å². The highest BCUT2D eigenvalue weighted by atomic mass is 16.5. The van der Waals surface area contributed by atoms with Crippen molar-refractivity contribution in [3.8, 4) is 0 Å². The minimum atomic E-state index is -0.658. The zero-order valence-electron chi connectivity index (χ0n) is 17.1. The lowest BCUT2D eigenvalue weighted by atomic mass is 9.96. The van der Waals surface area contributed by atoms with Gasteiger partial charge in [0.2, 0.25) is 0 Å². The number of aromatic nitrogens is 1. The van der Waals surface area contributed by atoms with Crippen molar-refractivity contribution in [1.82, 2.24) is 14.8 Å². The number of ether oxygens (including phenoxy) is 1. The summed E-state index contributed by atoms with van der Waals surface area (Å²) in [5.74, 6) is -0.943. The molecule has 1 saturated heterocycles. The Labute approximate surface area is 180 Å². The van der Waals surface area contributed by atoms with E-state index >= 15 is 0 Å². The fourth-order valence-corrected chi connectivity index (χ4v) is 3.95. The monoisotopic (exact) mass is 423 g/mol. The maximum Gasteiger partial charge on any atom is 0.290 e. The molecule has 1 amide bonds. The number of aliphatic hydroxyl groups is 1. The Morgan fingerprint density at radius 2 is 1.97 bits per heavy atom. The zero-order valence-corrected chi connectivity index (χ0v) is 17.1. The minimum Gasteiger partial charge on any atom is -0.503 e. The van der Waals surface area contributed by atoms with Crippen LogP contribution in [0.3, 0.4) is 0 Å². The smallest absolute Gasteiger partial charge is 0.290 e. The quantitative estimate of drug-likeness (QED) is 0.651. The van der Waals surface area contributed by atoms with Crippen LogP contribution in [0.5, 0.6) is 0 Å². The molecule has 2 aromatic rings. The van der Waals surface area contributed by atoms with E-state index in [1.807, 2.05) is 0 Å². The van der Waals surface area contributed by atoms with Gasteiger partial charge in [0, 0.05) is 38.6 Å². The van der Waals surface area contributed by atoms with Crippen molar-refractivity contribution in [2.24, 2.45) is 0 Å². The van der Waals surface area contributed by atoms with Crippen LogP contribution in [-0.2, 0) is 14.3 Å². The Kier molecular flexibility index (Phi) is 6.59. The summed E-state index contributed by atoms with van der Waals surface area (Å²) in [5, 5.41) is 10.6. The van der Waals surface area contributed by atoms with Gasteiger partial charge in [-0.3, -0.25) is 19.5 Å². The lowest BCUT2D eigenvalue weighted by Gasteiger charge is -2.29. The summed E-state index contributed by atoms with van der Waals surface area (Å²) in [6.45, 7) is 4.40. The second kappa shape index (κ2) is 9.72. The highest BCUT2D eigenvalue weighted by Gasteiger charge is 2.42. The first-order chi connectivity index (χ1) is 15.1. The molecular weight excluding hydrogens is 398 g/mol. The van der Waals surface area contributed by atoms with Gasteiger partial charge in [-0.2, -0.15) is 0 Å². The number of hydrogen-bond donors (Lipinski definition) is 1. The molecule has 1 unspecified atom stereocenters. The van der Waals surface area contributed by atoms with Crippen LogP contribution < -0.4 is 0 Å². The Balaban J connectivity index is 1.54. The number of aliphatic hydroxyl groups excluding tert-OH is 1. The van der Waals surface area contributed by atoms with Crippen LogP contribution in [0, 0.1) is 0 Å². The third-order valence-corrected chi connectivity index (χ3v) is 5.51.